The molecule has 186 valence electrons. The van der Waals surface area contributed by atoms with Gasteiger partial charge in [0.05, 0.1) is 47.7 Å². The summed E-state index contributed by atoms with van der Waals surface area (Å²) in [4.78, 5) is 28.0. The molecule has 2 aromatic heterocycles. The number of hydrogen-bond donors (Lipinski definition) is 2. The second kappa shape index (κ2) is 9.41. The number of anilines is 1. The van der Waals surface area contributed by atoms with Crippen LogP contribution in [-0.2, 0) is 14.3 Å². The summed E-state index contributed by atoms with van der Waals surface area (Å²) in [5, 5.41) is 5.59. The number of morpholine rings is 1. The topological polar surface area (TPSA) is 91.8 Å². The van der Waals surface area contributed by atoms with Gasteiger partial charge in [0.15, 0.2) is 5.90 Å². The molecular formula is C26H32ClN5O3. The van der Waals surface area contributed by atoms with Crippen LogP contribution < -0.4 is 5.32 Å². The van der Waals surface area contributed by atoms with Crippen LogP contribution in [-0.4, -0.2) is 70.7 Å². The summed E-state index contributed by atoms with van der Waals surface area (Å²) < 4.78 is 11.9. The van der Waals surface area contributed by atoms with E-state index in [0.29, 0.717) is 42.2 Å². The minimum Gasteiger partial charge on any atom is -0.478 e. The first kappa shape index (κ1) is 24.0. The van der Waals surface area contributed by atoms with E-state index < -0.39 is 6.04 Å². The summed E-state index contributed by atoms with van der Waals surface area (Å²) in [5.74, 6) is 1.10. The molecule has 0 radical (unpaired) electrons. The van der Waals surface area contributed by atoms with Gasteiger partial charge in [-0.25, -0.2) is 4.99 Å². The van der Waals surface area contributed by atoms with Crippen LogP contribution in [0.2, 0.25) is 5.02 Å². The third kappa shape index (κ3) is 5.15. The van der Waals surface area contributed by atoms with Crippen LogP contribution in [0.4, 0.5) is 5.69 Å². The van der Waals surface area contributed by atoms with Gasteiger partial charge in [0, 0.05) is 28.5 Å². The number of aliphatic imine (C=N–C) groups is 1. The average molecular weight is 498 g/mol. The first-order valence-electron chi connectivity index (χ1n) is 12.1. The second-order valence-electron chi connectivity index (χ2n) is 10.5. The van der Waals surface area contributed by atoms with Crippen LogP contribution in [0.5, 0.6) is 0 Å². The van der Waals surface area contributed by atoms with Gasteiger partial charge in [0.2, 0.25) is 5.91 Å². The first-order chi connectivity index (χ1) is 16.7. The number of carbonyl (C=O) groups is 1. The maximum atomic E-state index is 13.6. The lowest BCUT2D eigenvalue weighted by Crippen LogP contribution is -2.59. The molecule has 0 saturated carbocycles. The van der Waals surface area contributed by atoms with Crippen molar-refractivity contribution in [3.8, 4) is 0 Å². The number of nitrogens with one attached hydrogen (secondary N) is 2. The van der Waals surface area contributed by atoms with Gasteiger partial charge in [-0.15, -0.1) is 0 Å². The molecule has 35 heavy (non-hydrogen) atoms. The number of aromatic amines is 1. The molecule has 9 heteroatoms. The SMILES string of the molecule is CC(C)C[C@@H]1COC(CN2CC(C)(C)OC[C@H]2C(=O)Nc2cc(Cl)cc3c2[nH]c2cnccc23)=N1. The molecule has 8 nitrogen and oxygen atoms in total. The molecule has 1 amide bonds. The standard InChI is InChI=1S/C26H32ClN5O3/c1-15(2)7-17-12-34-23(29-17)11-32-14-26(3,4)35-13-22(32)25(33)31-20-9-16(27)8-19-18-5-6-28-10-21(18)30-24(19)20/h5-6,8-10,15,17,22,30H,7,11-14H2,1-4H3,(H,31,33)/t17-,22+/m1/s1. The molecule has 0 unspecified atom stereocenters. The van der Waals surface area contributed by atoms with E-state index in [4.69, 9.17) is 26.1 Å². The predicted octanol–water partition coefficient (Wildman–Crippen LogP) is 4.63. The number of H-pyrrole nitrogens is 1. The summed E-state index contributed by atoms with van der Waals surface area (Å²) in [7, 11) is 0. The maximum absolute atomic E-state index is 13.6. The van der Waals surface area contributed by atoms with Crippen molar-refractivity contribution in [3.05, 3.63) is 35.6 Å². The van der Waals surface area contributed by atoms with Crippen molar-refractivity contribution in [2.24, 2.45) is 10.9 Å². The molecule has 1 fully saturated rings. The second-order valence-corrected chi connectivity index (χ2v) is 11.0. The number of fused-ring (bicyclic) bond motifs is 3. The number of halogens is 1. The van der Waals surface area contributed by atoms with Crippen LogP contribution >= 0.6 is 11.6 Å². The Kier molecular flexibility index (Phi) is 6.46. The molecule has 2 atom stereocenters. The van der Waals surface area contributed by atoms with E-state index in [2.05, 4.69) is 34.0 Å². The fourth-order valence-corrected chi connectivity index (χ4v) is 5.21. The van der Waals surface area contributed by atoms with Crippen molar-refractivity contribution in [1.82, 2.24) is 14.9 Å². The summed E-state index contributed by atoms with van der Waals surface area (Å²) in [6.45, 7) is 10.4. The van der Waals surface area contributed by atoms with E-state index in [1.807, 2.05) is 26.0 Å². The van der Waals surface area contributed by atoms with Crippen molar-refractivity contribution < 1.29 is 14.3 Å². The quantitative estimate of drug-likeness (QED) is 0.518. The summed E-state index contributed by atoms with van der Waals surface area (Å²) >= 11 is 6.43. The van der Waals surface area contributed by atoms with Gasteiger partial charge >= 0.3 is 0 Å². The van der Waals surface area contributed by atoms with Crippen molar-refractivity contribution >= 4 is 50.9 Å². The van der Waals surface area contributed by atoms with E-state index in [-0.39, 0.29) is 24.2 Å². The third-order valence-corrected chi connectivity index (χ3v) is 6.76. The number of carbonyl (C=O) groups excluding carboxylic acids is 1. The Morgan fingerprint density at radius 2 is 2.14 bits per heavy atom. The lowest BCUT2D eigenvalue weighted by molar-refractivity contribution is -0.141. The predicted molar refractivity (Wildman–Crippen MR) is 139 cm³/mol. The first-order valence-corrected chi connectivity index (χ1v) is 12.5. The highest BCUT2D eigenvalue weighted by Gasteiger charge is 2.39. The van der Waals surface area contributed by atoms with E-state index in [9.17, 15) is 4.79 Å². The van der Waals surface area contributed by atoms with Gasteiger partial charge in [0.1, 0.15) is 12.6 Å². The molecule has 5 rings (SSSR count). The Morgan fingerprint density at radius 3 is 2.94 bits per heavy atom. The third-order valence-electron chi connectivity index (χ3n) is 6.54. The summed E-state index contributed by atoms with van der Waals surface area (Å²) in [6.07, 6.45) is 4.50. The van der Waals surface area contributed by atoms with Crippen LogP contribution in [0, 0.1) is 5.92 Å². The van der Waals surface area contributed by atoms with E-state index >= 15 is 0 Å². The van der Waals surface area contributed by atoms with Gasteiger partial charge in [-0.05, 0) is 44.4 Å². The monoisotopic (exact) mass is 497 g/mol. The Balaban J connectivity index is 1.39. The van der Waals surface area contributed by atoms with E-state index in [1.165, 1.54) is 0 Å². The molecule has 2 N–H and O–H groups in total. The molecule has 4 heterocycles. The van der Waals surface area contributed by atoms with E-state index in [0.717, 1.165) is 28.2 Å². The van der Waals surface area contributed by atoms with Crippen LogP contribution in [0.3, 0.4) is 0 Å². The van der Waals surface area contributed by atoms with Gasteiger partial charge < -0.3 is 19.8 Å². The van der Waals surface area contributed by atoms with Gasteiger partial charge in [0.25, 0.3) is 0 Å². The molecule has 1 aromatic carbocycles. The normalized spacial score (nSPS) is 22.5. The fraction of sp³-hybridized carbons (Fsp3) is 0.500. The van der Waals surface area contributed by atoms with Crippen LogP contribution in [0.1, 0.15) is 34.1 Å². The number of amides is 1. The largest absolute Gasteiger partial charge is 0.478 e. The zero-order chi connectivity index (χ0) is 24.7. The number of pyridine rings is 1. The fourth-order valence-electron chi connectivity index (χ4n) is 4.99. The van der Waals surface area contributed by atoms with Crippen molar-refractivity contribution in [2.45, 2.75) is 51.8 Å². The zero-order valence-corrected chi connectivity index (χ0v) is 21.4. The van der Waals surface area contributed by atoms with Crippen molar-refractivity contribution in [1.29, 1.82) is 0 Å². The van der Waals surface area contributed by atoms with Gasteiger partial charge in [-0.2, -0.15) is 0 Å². The highest BCUT2D eigenvalue weighted by molar-refractivity contribution is 6.33. The highest BCUT2D eigenvalue weighted by Crippen LogP contribution is 2.33. The molecule has 0 spiro atoms. The Hall–Kier alpha value is -2.68. The van der Waals surface area contributed by atoms with Crippen molar-refractivity contribution in [2.75, 3.05) is 31.6 Å². The lowest BCUT2D eigenvalue weighted by Gasteiger charge is -2.42. The van der Waals surface area contributed by atoms with Gasteiger partial charge in [-0.1, -0.05) is 25.4 Å². The number of benzene rings is 1. The molecule has 2 aliphatic rings. The lowest BCUT2D eigenvalue weighted by atomic mass is 10.0. The molecule has 1 saturated heterocycles. The highest BCUT2D eigenvalue weighted by atomic mass is 35.5. The molecule has 2 aliphatic heterocycles. The molecular weight excluding hydrogens is 466 g/mol. The molecule has 0 bridgehead atoms. The number of rotatable bonds is 6. The van der Waals surface area contributed by atoms with Crippen molar-refractivity contribution in [3.63, 3.8) is 0 Å². The van der Waals surface area contributed by atoms with Crippen LogP contribution in [0.25, 0.3) is 21.8 Å². The van der Waals surface area contributed by atoms with E-state index in [1.54, 1.807) is 18.5 Å². The van der Waals surface area contributed by atoms with Gasteiger partial charge in [-0.3, -0.25) is 14.7 Å². The Morgan fingerprint density at radius 1 is 1.31 bits per heavy atom. The zero-order valence-electron chi connectivity index (χ0n) is 20.6. The number of nitrogens with zero attached hydrogens (tertiary/aromatic N) is 3. The number of hydrogen-bond acceptors (Lipinski definition) is 6. The smallest absolute Gasteiger partial charge is 0.244 e. The minimum absolute atomic E-state index is 0.154. The van der Waals surface area contributed by atoms with Crippen LogP contribution in [0.15, 0.2) is 35.6 Å². The Bertz CT molecular complexity index is 1280. The minimum atomic E-state index is -0.487. The molecule has 0 aliphatic carbocycles. The molecule has 3 aromatic rings. The average Bonchev–Trinajstić information content (AvgIpc) is 3.37. The Labute approximate surface area is 210 Å². The number of ether oxygens (including phenoxy) is 2. The number of aromatic nitrogens is 2. The summed E-state index contributed by atoms with van der Waals surface area (Å²) in [5.41, 5.74) is 1.96. The summed E-state index contributed by atoms with van der Waals surface area (Å²) in [6, 6.07) is 5.29. The maximum Gasteiger partial charge on any atom is 0.244 e.